The fourth-order valence-corrected chi connectivity index (χ4v) is 8.63. The molecular formula is C25H37F5O2. The van der Waals surface area contributed by atoms with Gasteiger partial charge in [0.2, 0.25) is 0 Å². The second-order valence-electron chi connectivity index (χ2n) is 11.7. The molecule has 4 fully saturated rings. The van der Waals surface area contributed by atoms with Crippen LogP contribution in [-0.2, 0) is 9.53 Å². The number of ether oxygens (including phenoxy) is 1. The van der Waals surface area contributed by atoms with Crippen molar-refractivity contribution in [3.63, 3.8) is 0 Å². The molecule has 0 spiro atoms. The van der Waals surface area contributed by atoms with Crippen molar-refractivity contribution >= 4 is 5.97 Å². The summed E-state index contributed by atoms with van der Waals surface area (Å²) >= 11 is 0. The molecule has 0 aromatic heterocycles. The zero-order valence-corrected chi connectivity index (χ0v) is 19.6. The van der Waals surface area contributed by atoms with Crippen molar-refractivity contribution in [2.24, 2.45) is 46.3 Å². The molecule has 0 N–H and O–H groups in total. The lowest BCUT2D eigenvalue weighted by atomic mass is 9.42. The summed E-state index contributed by atoms with van der Waals surface area (Å²) in [5.41, 5.74) is -2.18. The molecule has 9 atom stereocenters. The first-order valence-corrected chi connectivity index (χ1v) is 12.2. The quantitative estimate of drug-likeness (QED) is 0.329. The van der Waals surface area contributed by atoms with Gasteiger partial charge in [-0.15, -0.1) is 0 Å². The summed E-state index contributed by atoms with van der Waals surface area (Å²) in [7, 11) is 1.30. The number of carbonyl (C=O) groups excluding carboxylic acids is 1. The number of hydrogen-bond acceptors (Lipinski definition) is 2. The summed E-state index contributed by atoms with van der Waals surface area (Å²) in [5, 5.41) is 0. The van der Waals surface area contributed by atoms with E-state index < -0.39 is 64.9 Å². The second kappa shape index (κ2) is 7.83. The van der Waals surface area contributed by atoms with Crippen LogP contribution in [0.2, 0.25) is 0 Å². The van der Waals surface area contributed by atoms with Gasteiger partial charge in [-0.25, -0.2) is 22.0 Å². The standard InChI is InChI=1S/C25H37F5O2/c1-14(5-8-20(31)32-4)17-6-7-18-21-19(13-25(29,30)23(17,18)3)22(2)10-9-16(26)11-15(22)12-24(21,27)28/h14-19,21H,5-13H2,1-4H3/t14-,15+,16+,17?,18+,19+,21+,22?,23-/m1/s1. The summed E-state index contributed by atoms with van der Waals surface area (Å²) in [6.07, 6.45) is 0.128. The lowest BCUT2D eigenvalue weighted by molar-refractivity contribution is -0.295. The van der Waals surface area contributed by atoms with Gasteiger partial charge in [-0.05, 0) is 73.5 Å². The molecule has 4 aliphatic carbocycles. The Balaban J connectivity index is 1.67. The van der Waals surface area contributed by atoms with Crippen molar-refractivity contribution < 1.29 is 31.5 Å². The van der Waals surface area contributed by atoms with Gasteiger partial charge in [0.15, 0.2) is 0 Å². The summed E-state index contributed by atoms with van der Waals surface area (Å²) in [5.74, 6) is -10.3. The van der Waals surface area contributed by atoms with Gasteiger partial charge in [0.1, 0.15) is 6.17 Å². The topological polar surface area (TPSA) is 26.3 Å². The van der Waals surface area contributed by atoms with E-state index in [-0.39, 0.29) is 37.6 Å². The molecule has 7 heteroatoms. The van der Waals surface area contributed by atoms with Gasteiger partial charge < -0.3 is 4.74 Å². The number of alkyl halides is 5. The molecule has 0 amide bonds. The van der Waals surface area contributed by atoms with Crippen LogP contribution in [-0.4, -0.2) is 31.1 Å². The lowest BCUT2D eigenvalue weighted by Crippen LogP contribution is -2.66. The number of rotatable bonds is 4. The first-order valence-electron chi connectivity index (χ1n) is 12.2. The molecule has 0 saturated heterocycles. The first kappa shape index (κ1) is 24.3. The second-order valence-corrected chi connectivity index (χ2v) is 11.7. The van der Waals surface area contributed by atoms with E-state index in [0.29, 0.717) is 25.7 Å². The van der Waals surface area contributed by atoms with Crippen LogP contribution < -0.4 is 0 Å². The minimum Gasteiger partial charge on any atom is -0.469 e. The third-order valence-electron chi connectivity index (χ3n) is 10.5. The van der Waals surface area contributed by atoms with E-state index in [1.54, 1.807) is 0 Å². The SMILES string of the molecule is COC(=O)CC[C@@H](C)C1CC[C@H]2[C@H]3[C@H](CC(F)(F)[C@]12C)C1(C)CC[C@H](F)C[C@H]1CC3(F)F. The van der Waals surface area contributed by atoms with Gasteiger partial charge in [0, 0.05) is 30.6 Å². The summed E-state index contributed by atoms with van der Waals surface area (Å²) in [6.45, 7) is 5.27. The highest BCUT2D eigenvalue weighted by molar-refractivity contribution is 5.69. The molecule has 0 bridgehead atoms. The number of methoxy groups -OCH3 is 1. The van der Waals surface area contributed by atoms with Crippen LogP contribution in [0.3, 0.4) is 0 Å². The number of hydrogen-bond donors (Lipinski definition) is 0. The van der Waals surface area contributed by atoms with E-state index in [4.69, 9.17) is 0 Å². The van der Waals surface area contributed by atoms with Gasteiger partial charge in [0.25, 0.3) is 11.8 Å². The molecule has 2 nitrogen and oxygen atoms in total. The van der Waals surface area contributed by atoms with E-state index in [9.17, 15) is 9.18 Å². The zero-order valence-electron chi connectivity index (χ0n) is 19.6. The van der Waals surface area contributed by atoms with Gasteiger partial charge in [0.05, 0.1) is 7.11 Å². The number of esters is 1. The first-order chi connectivity index (χ1) is 14.8. The summed E-state index contributed by atoms with van der Waals surface area (Å²) in [4.78, 5) is 11.6. The number of carbonyl (C=O) groups is 1. The fourth-order valence-electron chi connectivity index (χ4n) is 8.63. The van der Waals surface area contributed by atoms with Gasteiger partial charge in [-0.3, -0.25) is 4.79 Å². The number of fused-ring (bicyclic) bond motifs is 5. The maximum atomic E-state index is 16.0. The largest absolute Gasteiger partial charge is 0.469 e. The molecule has 4 rings (SSSR count). The molecule has 4 saturated carbocycles. The molecule has 0 aromatic carbocycles. The van der Waals surface area contributed by atoms with E-state index >= 15 is 17.6 Å². The minimum atomic E-state index is -3.08. The Morgan fingerprint density at radius 1 is 1.06 bits per heavy atom. The Hall–Kier alpha value is -0.880. The predicted octanol–water partition coefficient (Wildman–Crippen LogP) is 7.06. The van der Waals surface area contributed by atoms with Crippen LogP contribution in [0.4, 0.5) is 22.0 Å². The zero-order chi connectivity index (χ0) is 23.7. The van der Waals surface area contributed by atoms with Crippen molar-refractivity contribution in [1.29, 1.82) is 0 Å². The van der Waals surface area contributed by atoms with Crippen molar-refractivity contribution in [1.82, 2.24) is 0 Å². The third-order valence-corrected chi connectivity index (χ3v) is 10.5. The Labute approximate surface area is 188 Å². The van der Waals surface area contributed by atoms with Crippen molar-refractivity contribution in [3.8, 4) is 0 Å². The normalized spacial score (nSPS) is 47.7. The molecule has 32 heavy (non-hydrogen) atoms. The highest BCUT2D eigenvalue weighted by Gasteiger charge is 2.75. The maximum Gasteiger partial charge on any atom is 0.305 e. The Morgan fingerprint density at radius 3 is 2.41 bits per heavy atom. The lowest BCUT2D eigenvalue weighted by Gasteiger charge is -2.64. The maximum absolute atomic E-state index is 16.0. The van der Waals surface area contributed by atoms with Gasteiger partial charge >= 0.3 is 5.97 Å². The van der Waals surface area contributed by atoms with E-state index in [2.05, 4.69) is 4.74 Å². The average Bonchev–Trinajstić information content (AvgIpc) is 3.06. The molecule has 0 heterocycles. The van der Waals surface area contributed by atoms with Crippen LogP contribution in [0.5, 0.6) is 0 Å². The summed E-state index contributed by atoms with van der Waals surface area (Å²) in [6, 6.07) is 0. The van der Waals surface area contributed by atoms with Crippen LogP contribution in [0.15, 0.2) is 0 Å². The Bertz CT molecular complexity index is 742. The minimum absolute atomic E-state index is 0.0655. The monoisotopic (exact) mass is 464 g/mol. The van der Waals surface area contributed by atoms with Crippen LogP contribution >= 0.6 is 0 Å². The number of halogens is 5. The molecule has 0 aromatic rings. The predicted molar refractivity (Wildman–Crippen MR) is 111 cm³/mol. The average molecular weight is 465 g/mol. The van der Waals surface area contributed by atoms with Crippen LogP contribution in [0, 0.1) is 46.3 Å². The fraction of sp³-hybridized carbons (Fsp3) is 0.960. The molecule has 0 aliphatic heterocycles. The third kappa shape index (κ3) is 3.41. The van der Waals surface area contributed by atoms with Crippen LogP contribution in [0.25, 0.3) is 0 Å². The molecule has 0 radical (unpaired) electrons. The van der Waals surface area contributed by atoms with Crippen molar-refractivity contribution in [3.05, 3.63) is 0 Å². The van der Waals surface area contributed by atoms with Crippen LogP contribution in [0.1, 0.15) is 78.6 Å². The molecule has 4 aliphatic rings. The molecular weight excluding hydrogens is 427 g/mol. The van der Waals surface area contributed by atoms with E-state index in [1.807, 2.05) is 13.8 Å². The Kier molecular flexibility index (Phi) is 5.93. The van der Waals surface area contributed by atoms with E-state index in [1.165, 1.54) is 14.0 Å². The smallest absolute Gasteiger partial charge is 0.305 e. The summed E-state index contributed by atoms with van der Waals surface area (Å²) < 4.78 is 82.2. The highest BCUT2D eigenvalue weighted by Crippen LogP contribution is 2.74. The molecule has 184 valence electrons. The highest BCUT2D eigenvalue weighted by atomic mass is 19.3. The molecule has 2 unspecified atom stereocenters. The van der Waals surface area contributed by atoms with E-state index in [0.717, 1.165) is 0 Å². The Morgan fingerprint density at radius 2 is 1.75 bits per heavy atom. The van der Waals surface area contributed by atoms with Gasteiger partial charge in [-0.2, -0.15) is 0 Å². The van der Waals surface area contributed by atoms with Crippen molar-refractivity contribution in [2.75, 3.05) is 7.11 Å². The van der Waals surface area contributed by atoms with Gasteiger partial charge in [-0.1, -0.05) is 20.8 Å². The van der Waals surface area contributed by atoms with Crippen molar-refractivity contribution in [2.45, 2.75) is 96.6 Å².